The van der Waals surface area contributed by atoms with Crippen molar-refractivity contribution in [1.29, 1.82) is 0 Å². The summed E-state index contributed by atoms with van der Waals surface area (Å²) in [5, 5.41) is 11.4. The average Bonchev–Trinajstić information content (AvgIpc) is 3.77. The summed E-state index contributed by atoms with van der Waals surface area (Å²) < 4.78 is 23.6. The smallest absolute Gasteiger partial charge is 0.251 e. The van der Waals surface area contributed by atoms with Gasteiger partial charge >= 0.3 is 0 Å². The number of anilines is 1. The van der Waals surface area contributed by atoms with Gasteiger partial charge in [0, 0.05) is 18.3 Å². The fourth-order valence-electron chi connectivity index (χ4n) is 5.21. The molecule has 2 aliphatic heterocycles. The maximum Gasteiger partial charge on any atom is 0.251 e. The molecule has 0 bridgehead atoms. The lowest BCUT2D eigenvalue weighted by molar-refractivity contribution is -0.140. The SMILES string of the molecule is Cc1ccc(CN(C(=O)Cn2nnc3ccccc32)C(C(=O)Nc2ccc3c(c2)OCO3)c2ccc3c(c2)OCO3)cc1. The van der Waals surface area contributed by atoms with Crippen molar-refractivity contribution >= 4 is 28.5 Å². The Balaban J connectivity index is 1.28. The number of para-hydroxylation sites is 1. The summed E-state index contributed by atoms with van der Waals surface area (Å²) in [6.45, 7) is 2.24. The van der Waals surface area contributed by atoms with Crippen molar-refractivity contribution in [3.8, 4) is 23.0 Å². The highest BCUT2D eigenvalue weighted by Crippen LogP contribution is 2.38. The van der Waals surface area contributed by atoms with Crippen LogP contribution in [0.15, 0.2) is 84.9 Å². The van der Waals surface area contributed by atoms with Crippen molar-refractivity contribution in [2.75, 3.05) is 18.9 Å². The number of aromatic nitrogens is 3. The highest BCUT2D eigenvalue weighted by atomic mass is 16.7. The molecule has 2 aliphatic rings. The Bertz CT molecular complexity index is 1840. The molecule has 0 saturated heterocycles. The minimum absolute atomic E-state index is 0.0816. The Morgan fingerprint density at radius 2 is 1.56 bits per heavy atom. The van der Waals surface area contributed by atoms with Crippen LogP contribution < -0.4 is 24.3 Å². The second-order valence-corrected chi connectivity index (χ2v) is 10.3. The van der Waals surface area contributed by atoms with Gasteiger partial charge in [-0.15, -0.1) is 5.10 Å². The number of carbonyl (C=O) groups is 2. The molecule has 4 aromatic carbocycles. The molecule has 11 heteroatoms. The van der Waals surface area contributed by atoms with Crippen LogP contribution in [-0.2, 0) is 22.7 Å². The Morgan fingerprint density at radius 3 is 2.35 bits per heavy atom. The van der Waals surface area contributed by atoms with Gasteiger partial charge in [-0.3, -0.25) is 9.59 Å². The molecule has 7 rings (SSSR count). The number of nitrogens with one attached hydrogen (secondary N) is 1. The van der Waals surface area contributed by atoms with Gasteiger partial charge in [0.2, 0.25) is 19.5 Å². The van der Waals surface area contributed by atoms with Gasteiger partial charge < -0.3 is 29.2 Å². The quantitative estimate of drug-likeness (QED) is 0.284. The lowest BCUT2D eigenvalue weighted by atomic mass is 10.0. The highest BCUT2D eigenvalue weighted by molar-refractivity contribution is 5.98. The van der Waals surface area contributed by atoms with Gasteiger partial charge in [0.05, 0.1) is 5.52 Å². The molecule has 43 heavy (non-hydrogen) atoms. The van der Waals surface area contributed by atoms with Crippen LogP contribution in [0.1, 0.15) is 22.7 Å². The summed E-state index contributed by atoms with van der Waals surface area (Å²) in [5.41, 5.74) is 4.41. The van der Waals surface area contributed by atoms with Gasteiger partial charge in [-0.25, -0.2) is 4.68 Å². The average molecular weight is 578 g/mol. The molecule has 0 spiro atoms. The van der Waals surface area contributed by atoms with Crippen molar-refractivity contribution in [3.05, 3.63) is 102 Å². The normalized spacial score (nSPS) is 13.6. The van der Waals surface area contributed by atoms with E-state index in [0.717, 1.165) is 16.6 Å². The highest BCUT2D eigenvalue weighted by Gasteiger charge is 2.34. The lowest BCUT2D eigenvalue weighted by Gasteiger charge is -2.32. The maximum atomic E-state index is 14.2. The molecule has 1 atom stereocenters. The molecule has 216 valence electrons. The van der Waals surface area contributed by atoms with Crippen LogP contribution in [0.3, 0.4) is 0 Å². The summed E-state index contributed by atoms with van der Waals surface area (Å²) in [6.07, 6.45) is 0. The molecule has 1 N–H and O–H groups in total. The number of rotatable bonds is 8. The molecule has 1 aromatic heterocycles. The van der Waals surface area contributed by atoms with E-state index in [4.69, 9.17) is 18.9 Å². The number of fused-ring (bicyclic) bond motifs is 3. The fourth-order valence-corrected chi connectivity index (χ4v) is 5.21. The first-order valence-corrected chi connectivity index (χ1v) is 13.8. The van der Waals surface area contributed by atoms with Crippen LogP contribution >= 0.6 is 0 Å². The Kier molecular flexibility index (Phi) is 6.74. The summed E-state index contributed by atoms with van der Waals surface area (Å²) in [6, 6.07) is 24.7. The molecule has 2 amide bonds. The second kappa shape index (κ2) is 11.0. The van der Waals surface area contributed by atoms with Crippen molar-refractivity contribution in [2.24, 2.45) is 0 Å². The zero-order valence-electron chi connectivity index (χ0n) is 23.2. The van der Waals surface area contributed by atoms with Crippen LogP contribution in [0.25, 0.3) is 11.0 Å². The predicted molar refractivity (Wildman–Crippen MR) is 156 cm³/mol. The van der Waals surface area contributed by atoms with Gasteiger partial charge in [0.1, 0.15) is 18.1 Å². The number of ether oxygens (including phenoxy) is 4. The molecule has 11 nitrogen and oxygen atoms in total. The largest absolute Gasteiger partial charge is 0.454 e. The number of benzene rings is 4. The number of hydrogen-bond acceptors (Lipinski definition) is 8. The first-order chi connectivity index (χ1) is 21.0. The zero-order chi connectivity index (χ0) is 29.3. The summed E-state index contributed by atoms with van der Waals surface area (Å²) in [7, 11) is 0. The van der Waals surface area contributed by atoms with E-state index in [9.17, 15) is 9.59 Å². The van der Waals surface area contributed by atoms with Crippen molar-refractivity contribution in [3.63, 3.8) is 0 Å². The monoisotopic (exact) mass is 577 g/mol. The maximum absolute atomic E-state index is 14.2. The molecular weight excluding hydrogens is 550 g/mol. The van der Waals surface area contributed by atoms with E-state index < -0.39 is 11.9 Å². The van der Waals surface area contributed by atoms with Crippen LogP contribution in [0.2, 0.25) is 0 Å². The van der Waals surface area contributed by atoms with E-state index in [2.05, 4.69) is 15.6 Å². The van der Waals surface area contributed by atoms with Crippen LogP contribution in [-0.4, -0.2) is 45.3 Å². The third-order valence-electron chi connectivity index (χ3n) is 7.41. The van der Waals surface area contributed by atoms with E-state index >= 15 is 0 Å². The van der Waals surface area contributed by atoms with Gasteiger partial charge in [-0.2, -0.15) is 0 Å². The van der Waals surface area contributed by atoms with E-state index in [1.54, 1.807) is 46.0 Å². The van der Waals surface area contributed by atoms with Gasteiger partial charge in [0.25, 0.3) is 5.91 Å². The fraction of sp³-hybridized carbons (Fsp3) is 0.188. The molecule has 0 radical (unpaired) electrons. The minimum atomic E-state index is -1.04. The van der Waals surface area contributed by atoms with Crippen molar-refractivity contribution in [1.82, 2.24) is 19.9 Å². The van der Waals surface area contributed by atoms with E-state index in [1.807, 2.05) is 55.5 Å². The summed E-state index contributed by atoms with van der Waals surface area (Å²) >= 11 is 0. The van der Waals surface area contributed by atoms with Crippen LogP contribution in [0, 0.1) is 6.92 Å². The standard InChI is InChI=1S/C32H27N5O6/c1-20-6-8-21(9-7-20)16-36(30(38)17-37-25-5-3-2-4-24(25)34-35-37)31(22-10-12-26-28(14-22)42-18-40-26)32(39)33-23-11-13-27-29(15-23)43-19-41-27/h2-15,31H,16-19H2,1H3,(H,33,39). The van der Waals surface area contributed by atoms with E-state index in [-0.39, 0.29) is 32.6 Å². The summed E-state index contributed by atoms with van der Waals surface area (Å²) in [4.78, 5) is 30.0. The number of aryl methyl sites for hydroxylation is 1. The van der Waals surface area contributed by atoms with E-state index in [1.165, 1.54) is 0 Å². The Morgan fingerprint density at radius 1 is 0.860 bits per heavy atom. The van der Waals surface area contributed by atoms with Crippen LogP contribution in [0.4, 0.5) is 5.69 Å². The molecule has 0 saturated carbocycles. The van der Waals surface area contributed by atoms with Crippen LogP contribution in [0.5, 0.6) is 23.0 Å². The first kappa shape index (κ1) is 26.3. The topological polar surface area (TPSA) is 117 Å². The predicted octanol–water partition coefficient (Wildman–Crippen LogP) is 4.61. The molecule has 3 heterocycles. The number of nitrogens with zero attached hydrogens (tertiary/aromatic N) is 4. The molecule has 1 unspecified atom stereocenters. The van der Waals surface area contributed by atoms with Crippen molar-refractivity contribution in [2.45, 2.75) is 26.1 Å². The van der Waals surface area contributed by atoms with Gasteiger partial charge in [-0.1, -0.05) is 53.2 Å². The molecular formula is C32H27N5O6. The molecule has 5 aromatic rings. The Labute approximate surface area is 246 Å². The third kappa shape index (κ3) is 5.28. The van der Waals surface area contributed by atoms with Gasteiger partial charge in [0.15, 0.2) is 23.0 Å². The number of carbonyl (C=O) groups excluding carboxylic acids is 2. The number of hydrogen-bond donors (Lipinski definition) is 1. The minimum Gasteiger partial charge on any atom is -0.454 e. The number of amides is 2. The molecule has 0 fully saturated rings. The molecule has 0 aliphatic carbocycles. The second-order valence-electron chi connectivity index (χ2n) is 10.3. The first-order valence-electron chi connectivity index (χ1n) is 13.8. The van der Waals surface area contributed by atoms with E-state index in [0.29, 0.717) is 39.8 Å². The third-order valence-corrected chi connectivity index (χ3v) is 7.41. The van der Waals surface area contributed by atoms with Gasteiger partial charge in [-0.05, 0) is 54.4 Å². The lowest BCUT2D eigenvalue weighted by Crippen LogP contribution is -2.42. The Hall–Kier alpha value is -5.58. The van der Waals surface area contributed by atoms with Crippen molar-refractivity contribution < 1.29 is 28.5 Å². The zero-order valence-corrected chi connectivity index (χ0v) is 23.2. The summed E-state index contributed by atoms with van der Waals surface area (Å²) in [5.74, 6) is 1.47.